The van der Waals surface area contributed by atoms with Crippen LogP contribution < -0.4 is 5.43 Å². The van der Waals surface area contributed by atoms with E-state index in [2.05, 4.69) is 10.4 Å². The Labute approximate surface area is 117 Å². The zero-order valence-electron chi connectivity index (χ0n) is 11.2. The van der Waals surface area contributed by atoms with Crippen molar-refractivity contribution in [1.82, 2.24) is 20.0 Å². The van der Waals surface area contributed by atoms with Crippen LogP contribution in [0.1, 0.15) is 12.5 Å². The van der Waals surface area contributed by atoms with Crippen LogP contribution in [0.5, 0.6) is 0 Å². The van der Waals surface area contributed by atoms with E-state index >= 15 is 0 Å². The summed E-state index contributed by atoms with van der Waals surface area (Å²) in [7, 11) is 0. The van der Waals surface area contributed by atoms with Gasteiger partial charge in [0.05, 0.1) is 12.9 Å². The van der Waals surface area contributed by atoms with Crippen LogP contribution in [0.25, 0.3) is 0 Å². The maximum atomic E-state index is 12.2. The third kappa shape index (κ3) is 3.94. The summed E-state index contributed by atoms with van der Waals surface area (Å²) in [5.74, 6) is -0.484. The Morgan fingerprint density at radius 1 is 1.30 bits per heavy atom. The molecule has 104 valence electrons. The first-order chi connectivity index (χ1) is 9.65. The lowest BCUT2D eigenvalue weighted by Crippen LogP contribution is -2.46. The third-order valence-electron chi connectivity index (χ3n) is 2.65. The number of amides is 2. The number of benzene rings is 1. The van der Waals surface area contributed by atoms with E-state index in [4.69, 9.17) is 0 Å². The van der Waals surface area contributed by atoms with Crippen molar-refractivity contribution in [3.63, 3.8) is 0 Å². The second kappa shape index (κ2) is 6.51. The minimum atomic E-state index is -0.278. The van der Waals surface area contributed by atoms with Crippen LogP contribution in [0.15, 0.2) is 49.1 Å². The van der Waals surface area contributed by atoms with Gasteiger partial charge < -0.3 is 4.57 Å². The number of hydrazine groups is 1. The molecular formula is C14H16N4O2. The van der Waals surface area contributed by atoms with E-state index < -0.39 is 0 Å². The standard InChI is InChI=1S/C14H16N4O2/c1-12(19)16-18(9-13-5-3-2-4-6-13)14(20)10-17-8-7-15-11-17/h2-8,11H,9-10H2,1H3,(H,16,19). The second-order valence-electron chi connectivity index (χ2n) is 4.37. The number of carbonyl (C=O) groups is 2. The monoisotopic (exact) mass is 272 g/mol. The Balaban J connectivity index is 2.06. The molecule has 0 unspecified atom stereocenters. The summed E-state index contributed by atoms with van der Waals surface area (Å²) >= 11 is 0. The Bertz CT molecular complexity index is 566. The minimum absolute atomic E-state index is 0.132. The van der Waals surface area contributed by atoms with E-state index in [1.807, 2.05) is 30.3 Å². The van der Waals surface area contributed by atoms with Crippen molar-refractivity contribution >= 4 is 11.8 Å². The van der Waals surface area contributed by atoms with Crippen LogP contribution in [0.3, 0.4) is 0 Å². The maximum absolute atomic E-state index is 12.2. The average molecular weight is 272 g/mol. The van der Waals surface area contributed by atoms with E-state index in [-0.39, 0.29) is 18.4 Å². The average Bonchev–Trinajstić information content (AvgIpc) is 2.91. The van der Waals surface area contributed by atoms with E-state index in [1.54, 1.807) is 23.3 Å². The van der Waals surface area contributed by atoms with Gasteiger partial charge in [0.2, 0.25) is 5.91 Å². The molecule has 0 bridgehead atoms. The number of hydrogen-bond acceptors (Lipinski definition) is 3. The summed E-state index contributed by atoms with van der Waals surface area (Å²) in [6, 6.07) is 9.49. The lowest BCUT2D eigenvalue weighted by atomic mass is 10.2. The van der Waals surface area contributed by atoms with Crippen molar-refractivity contribution in [3.8, 4) is 0 Å². The molecule has 0 aliphatic carbocycles. The van der Waals surface area contributed by atoms with Gasteiger partial charge in [-0.15, -0.1) is 0 Å². The molecule has 0 radical (unpaired) electrons. The number of hydrogen-bond donors (Lipinski definition) is 1. The molecule has 0 saturated carbocycles. The lowest BCUT2D eigenvalue weighted by molar-refractivity contribution is -0.142. The summed E-state index contributed by atoms with van der Waals surface area (Å²) < 4.78 is 1.65. The van der Waals surface area contributed by atoms with Gasteiger partial charge in [0.15, 0.2) is 0 Å². The van der Waals surface area contributed by atoms with Gasteiger partial charge >= 0.3 is 0 Å². The quantitative estimate of drug-likeness (QED) is 0.843. The van der Waals surface area contributed by atoms with Crippen LogP contribution >= 0.6 is 0 Å². The molecule has 0 atom stereocenters. The molecule has 0 aliphatic rings. The summed E-state index contributed by atoms with van der Waals surface area (Å²) in [5.41, 5.74) is 3.50. The highest BCUT2D eigenvalue weighted by atomic mass is 16.2. The summed E-state index contributed by atoms with van der Waals surface area (Å²) in [6.07, 6.45) is 4.87. The van der Waals surface area contributed by atoms with Crippen LogP contribution in [0.4, 0.5) is 0 Å². The first-order valence-electron chi connectivity index (χ1n) is 6.22. The molecule has 6 nitrogen and oxygen atoms in total. The fraction of sp³-hybridized carbons (Fsp3) is 0.214. The molecule has 1 heterocycles. The molecule has 1 aromatic heterocycles. The van der Waals surface area contributed by atoms with Gasteiger partial charge in [0, 0.05) is 19.3 Å². The van der Waals surface area contributed by atoms with Crippen LogP contribution in [0, 0.1) is 0 Å². The number of aromatic nitrogens is 2. The van der Waals surface area contributed by atoms with Crippen molar-refractivity contribution in [2.45, 2.75) is 20.0 Å². The van der Waals surface area contributed by atoms with Crippen LogP contribution in [0.2, 0.25) is 0 Å². The van der Waals surface area contributed by atoms with E-state index in [9.17, 15) is 9.59 Å². The van der Waals surface area contributed by atoms with Gasteiger partial charge in [-0.1, -0.05) is 30.3 Å². The summed E-state index contributed by atoms with van der Waals surface area (Å²) in [4.78, 5) is 27.3. The molecule has 2 aromatic rings. The van der Waals surface area contributed by atoms with E-state index in [1.165, 1.54) is 11.9 Å². The third-order valence-corrected chi connectivity index (χ3v) is 2.65. The van der Waals surface area contributed by atoms with Crippen molar-refractivity contribution < 1.29 is 9.59 Å². The Kier molecular flexibility index (Phi) is 4.49. The Hall–Kier alpha value is -2.63. The van der Waals surface area contributed by atoms with Gasteiger partial charge in [-0.2, -0.15) is 0 Å². The Morgan fingerprint density at radius 2 is 2.05 bits per heavy atom. The fourth-order valence-electron chi connectivity index (χ4n) is 1.77. The number of nitrogens with one attached hydrogen (secondary N) is 1. The molecule has 1 aromatic carbocycles. The molecule has 0 spiro atoms. The first-order valence-corrected chi connectivity index (χ1v) is 6.22. The van der Waals surface area contributed by atoms with Crippen molar-refractivity contribution in [2.24, 2.45) is 0 Å². The summed E-state index contributed by atoms with van der Waals surface area (Å²) in [6.45, 7) is 1.84. The maximum Gasteiger partial charge on any atom is 0.261 e. The number of imidazole rings is 1. The zero-order valence-corrected chi connectivity index (χ0v) is 11.2. The Morgan fingerprint density at radius 3 is 2.65 bits per heavy atom. The fourth-order valence-corrected chi connectivity index (χ4v) is 1.77. The van der Waals surface area contributed by atoms with Crippen molar-refractivity contribution in [3.05, 3.63) is 54.6 Å². The van der Waals surface area contributed by atoms with Gasteiger partial charge in [-0.25, -0.2) is 9.99 Å². The predicted octanol–water partition coefficient (Wildman–Crippen LogP) is 0.963. The normalized spacial score (nSPS) is 10.1. The van der Waals surface area contributed by atoms with Gasteiger partial charge in [0.25, 0.3) is 5.91 Å². The smallest absolute Gasteiger partial charge is 0.261 e. The highest BCUT2D eigenvalue weighted by Crippen LogP contribution is 2.04. The lowest BCUT2D eigenvalue weighted by Gasteiger charge is -2.23. The number of nitrogens with zero attached hydrogens (tertiary/aromatic N) is 3. The molecule has 0 saturated heterocycles. The number of carbonyl (C=O) groups excluding carboxylic acids is 2. The zero-order chi connectivity index (χ0) is 14.4. The highest BCUT2D eigenvalue weighted by molar-refractivity contribution is 5.80. The van der Waals surface area contributed by atoms with Crippen molar-refractivity contribution in [2.75, 3.05) is 0 Å². The highest BCUT2D eigenvalue weighted by Gasteiger charge is 2.15. The summed E-state index contributed by atoms with van der Waals surface area (Å²) in [5, 5.41) is 1.32. The molecular weight excluding hydrogens is 256 g/mol. The molecule has 20 heavy (non-hydrogen) atoms. The second-order valence-corrected chi connectivity index (χ2v) is 4.37. The predicted molar refractivity (Wildman–Crippen MR) is 73.0 cm³/mol. The van der Waals surface area contributed by atoms with E-state index in [0.29, 0.717) is 6.54 Å². The largest absolute Gasteiger partial charge is 0.328 e. The van der Waals surface area contributed by atoms with Crippen LogP contribution in [-0.4, -0.2) is 26.4 Å². The van der Waals surface area contributed by atoms with Gasteiger partial charge in [-0.05, 0) is 5.56 Å². The van der Waals surface area contributed by atoms with Crippen molar-refractivity contribution in [1.29, 1.82) is 0 Å². The number of rotatable bonds is 4. The SMILES string of the molecule is CC(=O)NN(Cc1ccccc1)C(=O)Cn1ccnc1. The van der Waals surface area contributed by atoms with Gasteiger partial charge in [0.1, 0.15) is 6.54 Å². The molecule has 6 heteroatoms. The van der Waals surface area contributed by atoms with Gasteiger partial charge in [-0.3, -0.25) is 15.0 Å². The van der Waals surface area contributed by atoms with E-state index in [0.717, 1.165) is 5.56 Å². The van der Waals surface area contributed by atoms with Crippen LogP contribution in [-0.2, 0) is 22.7 Å². The molecule has 1 N–H and O–H groups in total. The molecule has 2 rings (SSSR count). The molecule has 2 amide bonds. The molecule has 0 fully saturated rings. The first kappa shape index (κ1) is 13.8. The minimum Gasteiger partial charge on any atom is -0.328 e. The topological polar surface area (TPSA) is 67.2 Å². The molecule has 0 aliphatic heterocycles.